The van der Waals surface area contributed by atoms with E-state index in [0.717, 1.165) is 17.6 Å². The molecule has 2 nitrogen and oxygen atoms in total. The highest BCUT2D eigenvalue weighted by atomic mass is 35.5. The Hall–Kier alpha value is -1.23. The molecule has 116 valence electrons. The van der Waals surface area contributed by atoms with Crippen LogP contribution in [0.4, 0.5) is 4.39 Å². The number of hydrogen-bond donors (Lipinski definition) is 1. The summed E-state index contributed by atoms with van der Waals surface area (Å²) in [5.74, 6) is 0.581. The molecule has 1 amide bonds. The normalized spacial score (nSPS) is 10.5. The predicted octanol–water partition coefficient (Wildman–Crippen LogP) is 4.80. The second-order valence-electron chi connectivity index (χ2n) is 4.54. The summed E-state index contributed by atoms with van der Waals surface area (Å²) < 4.78 is 13.4. The molecule has 0 radical (unpaired) electrons. The van der Waals surface area contributed by atoms with E-state index >= 15 is 0 Å². The topological polar surface area (TPSA) is 29.1 Å². The summed E-state index contributed by atoms with van der Waals surface area (Å²) >= 11 is 13.2. The van der Waals surface area contributed by atoms with Crippen LogP contribution in [0.1, 0.15) is 15.9 Å². The maximum Gasteiger partial charge on any atom is 0.252 e. The van der Waals surface area contributed by atoms with Gasteiger partial charge in [-0.15, -0.1) is 0 Å². The summed E-state index contributed by atoms with van der Waals surface area (Å²) in [5, 5.41) is 2.76. The molecule has 22 heavy (non-hydrogen) atoms. The average molecular weight is 358 g/mol. The van der Waals surface area contributed by atoms with Crippen LogP contribution in [-0.4, -0.2) is 18.2 Å². The van der Waals surface area contributed by atoms with Gasteiger partial charge in [0.05, 0.1) is 15.6 Å². The molecule has 0 heterocycles. The van der Waals surface area contributed by atoms with Crippen molar-refractivity contribution in [1.29, 1.82) is 0 Å². The number of thioether (sulfide) groups is 1. The minimum absolute atomic E-state index is 0.0941. The summed E-state index contributed by atoms with van der Waals surface area (Å²) in [6.45, 7) is 0.483. The Morgan fingerprint density at radius 1 is 1.14 bits per heavy atom. The first-order chi connectivity index (χ1) is 10.6. The molecule has 2 aromatic carbocycles. The predicted molar refractivity (Wildman–Crippen MR) is 91.4 cm³/mol. The zero-order chi connectivity index (χ0) is 15.9. The third-order valence-electron chi connectivity index (χ3n) is 2.90. The number of carbonyl (C=O) groups excluding carboxylic acids is 1. The van der Waals surface area contributed by atoms with Gasteiger partial charge in [0.1, 0.15) is 5.82 Å². The Labute approximate surface area is 143 Å². The Bertz CT molecular complexity index is 652. The summed E-state index contributed by atoms with van der Waals surface area (Å²) in [4.78, 5) is 11.9. The number of rotatable bonds is 6. The van der Waals surface area contributed by atoms with E-state index in [1.54, 1.807) is 11.8 Å². The first-order valence-corrected chi connectivity index (χ1v) is 8.53. The molecule has 0 bridgehead atoms. The van der Waals surface area contributed by atoms with Gasteiger partial charge in [0.2, 0.25) is 0 Å². The van der Waals surface area contributed by atoms with E-state index in [4.69, 9.17) is 23.2 Å². The first kappa shape index (κ1) is 17.1. The summed E-state index contributed by atoms with van der Waals surface area (Å²) in [5.41, 5.74) is 1.33. The van der Waals surface area contributed by atoms with E-state index in [2.05, 4.69) is 17.4 Å². The molecule has 2 aromatic rings. The van der Waals surface area contributed by atoms with Gasteiger partial charge in [-0.1, -0.05) is 53.5 Å². The molecule has 2 rings (SSSR count). The van der Waals surface area contributed by atoms with Gasteiger partial charge in [-0.3, -0.25) is 4.79 Å². The monoisotopic (exact) mass is 357 g/mol. The lowest BCUT2D eigenvalue weighted by atomic mass is 10.2. The van der Waals surface area contributed by atoms with Crippen molar-refractivity contribution in [1.82, 2.24) is 5.32 Å². The van der Waals surface area contributed by atoms with E-state index in [9.17, 15) is 9.18 Å². The second-order valence-corrected chi connectivity index (χ2v) is 6.46. The standard InChI is InChI=1S/C16H14Cl2FNOS/c17-13-9-14(18)15(19)8-12(13)16(21)20-6-7-22-10-11-4-2-1-3-5-11/h1-5,8-9H,6-7,10H2,(H,20,21). The van der Waals surface area contributed by atoms with Gasteiger partial charge in [-0.05, 0) is 17.7 Å². The highest BCUT2D eigenvalue weighted by Gasteiger charge is 2.13. The third kappa shape index (κ3) is 4.90. The van der Waals surface area contributed by atoms with Crippen LogP contribution in [0.15, 0.2) is 42.5 Å². The number of halogens is 3. The van der Waals surface area contributed by atoms with Crippen molar-refractivity contribution in [3.8, 4) is 0 Å². The van der Waals surface area contributed by atoms with Crippen LogP contribution in [0.5, 0.6) is 0 Å². The van der Waals surface area contributed by atoms with Crippen LogP contribution in [0.25, 0.3) is 0 Å². The number of nitrogens with one attached hydrogen (secondary N) is 1. The van der Waals surface area contributed by atoms with Gasteiger partial charge < -0.3 is 5.32 Å². The van der Waals surface area contributed by atoms with Crippen molar-refractivity contribution < 1.29 is 9.18 Å². The van der Waals surface area contributed by atoms with E-state index in [1.165, 1.54) is 11.6 Å². The smallest absolute Gasteiger partial charge is 0.252 e. The summed E-state index contributed by atoms with van der Waals surface area (Å²) in [6.07, 6.45) is 0. The fourth-order valence-corrected chi connectivity index (χ4v) is 3.08. The lowest BCUT2D eigenvalue weighted by Crippen LogP contribution is -2.26. The molecule has 0 fully saturated rings. The van der Waals surface area contributed by atoms with Gasteiger partial charge in [-0.25, -0.2) is 4.39 Å². The largest absolute Gasteiger partial charge is 0.351 e. The lowest BCUT2D eigenvalue weighted by Gasteiger charge is -2.08. The Morgan fingerprint density at radius 2 is 1.86 bits per heavy atom. The number of hydrogen-bond acceptors (Lipinski definition) is 2. The summed E-state index contributed by atoms with van der Waals surface area (Å²) in [6, 6.07) is 12.4. The summed E-state index contributed by atoms with van der Waals surface area (Å²) in [7, 11) is 0. The minimum Gasteiger partial charge on any atom is -0.351 e. The first-order valence-electron chi connectivity index (χ1n) is 6.62. The molecule has 0 aliphatic rings. The molecule has 0 atom stereocenters. The quantitative estimate of drug-likeness (QED) is 0.594. The SMILES string of the molecule is O=C(NCCSCc1ccccc1)c1cc(F)c(Cl)cc1Cl. The zero-order valence-electron chi connectivity index (χ0n) is 11.6. The Morgan fingerprint density at radius 3 is 2.59 bits per heavy atom. The number of benzene rings is 2. The van der Waals surface area contributed by atoms with Crippen molar-refractivity contribution in [2.45, 2.75) is 5.75 Å². The van der Waals surface area contributed by atoms with Crippen LogP contribution in [0.2, 0.25) is 10.0 Å². The molecule has 0 aliphatic carbocycles. The molecule has 0 unspecified atom stereocenters. The van der Waals surface area contributed by atoms with Crippen molar-refractivity contribution in [3.05, 3.63) is 69.5 Å². The highest BCUT2D eigenvalue weighted by Crippen LogP contribution is 2.24. The lowest BCUT2D eigenvalue weighted by molar-refractivity contribution is 0.0956. The van der Waals surface area contributed by atoms with Crippen molar-refractivity contribution in [3.63, 3.8) is 0 Å². The maximum atomic E-state index is 13.4. The average Bonchev–Trinajstić information content (AvgIpc) is 2.51. The van der Waals surface area contributed by atoms with Crippen LogP contribution < -0.4 is 5.32 Å². The van der Waals surface area contributed by atoms with Crippen LogP contribution >= 0.6 is 35.0 Å². The number of carbonyl (C=O) groups is 1. The van der Waals surface area contributed by atoms with E-state index in [-0.39, 0.29) is 15.6 Å². The van der Waals surface area contributed by atoms with Gasteiger partial charge in [0, 0.05) is 18.1 Å². The van der Waals surface area contributed by atoms with Gasteiger partial charge in [-0.2, -0.15) is 11.8 Å². The molecular weight excluding hydrogens is 344 g/mol. The van der Waals surface area contributed by atoms with Crippen molar-refractivity contribution >= 4 is 40.9 Å². The second kappa shape index (κ2) is 8.42. The fraction of sp³-hybridized carbons (Fsp3) is 0.188. The molecule has 6 heteroatoms. The Balaban J connectivity index is 1.77. The molecule has 1 N–H and O–H groups in total. The Kier molecular flexibility index (Phi) is 6.55. The number of amides is 1. The van der Waals surface area contributed by atoms with Crippen LogP contribution in [0, 0.1) is 5.82 Å². The van der Waals surface area contributed by atoms with E-state index < -0.39 is 11.7 Å². The van der Waals surface area contributed by atoms with Crippen LogP contribution in [-0.2, 0) is 5.75 Å². The molecule has 0 aliphatic heterocycles. The maximum absolute atomic E-state index is 13.4. The van der Waals surface area contributed by atoms with Crippen molar-refractivity contribution in [2.24, 2.45) is 0 Å². The van der Waals surface area contributed by atoms with Gasteiger partial charge in [0.25, 0.3) is 5.91 Å². The highest BCUT2D eigenvalue weighted by molar-refractivity contribution is 7.98. The van der Waals surface area contributed by atoms with Gasteiger partial charge in [0.15, 0.2) is 0 Å². The fourth-order valence-electron chi connectivity index (χ4n) is 1.79. The van der Waals surface area contributed by atoms with Crippen LogP contribution in [0.3, 0.4) is 0 Å². The molecule has 0 aromatic heterocycles. The zero-order valence-corrected chi connectivity index (χ0v) is 13.9. The van der Waals surface area contributed by atoms with E-state index in [0.29, 0.717) is 6.54 Å². The third-order valence-corrected chi connectivity index (χ3v) is 4.53. The molecule has 0 spiro atoms. The minimum atomic E-state index is -0.658. The van der Waals surface area contributed by atoms with E-state index in [1.807, 2.05) is 18.2 Å². The van der Waals surface area contributed by atoms with Crippen molar-refractivity contribution in [2.75, 3.05) is 12.3 Å². The van der Waals surface area contributed by atoms with Gasteiger partial charge >= 0.3 is 0 Å². The molecular formula is C16H14Cl2FNOS. The molecule has 0 saturated heterocycles. The molecule has 0 saturated carbocycles.